The Labute approximate surface area is 118 Å². The number of rotatable bonds is 4. The van der Waals surface area contributed by atoms with Crippen LogP contribution in [-0.4, -0.2) is 24.0 Å². The fourth-order valence-electron chi connectivity index (χ4n) is 2.72. The number of ether oxygens (including phenoxy) is 2. The molecular weight excluding hydrogens is 256 g/mol. The summed E-state index contributed by atoms with van der Waals surface area (Å²) in [5.74, 6) is -0.0210. The highest BCUT2D eigenvalue weighted by Gasteiger charge is 2.54. The summed E-state index contributed by atoms with van der Waals surface area (Å²) in [4.78, 5) is 23.7. The number of hydrogen-bond donors (Lipinski definition) is 0. The minimum atomic E-state index is -0.872. The Hall–Kier alpha value is -1.68. The van der Waals surface area contributed by atoms with E-state index in [1.165, 1.54) is 0 Å². The van der Waals surface area contributed by atoms with Gasteiger partial charge >= 0.3 is 5.97 Å². The molecule has 1 atom stereocenters. The first kappa shape index (κ1) is 13.3. The van der Waals surface area contributed by atoms with E-state index in [9.17, 15) is 9.59 Å². The van der Waals surface area contributed by atoms with Crippen LogP contribution in [0.5, 0.6) is 0 Å². The molecule has 1 aliphatic heterocycles. The normalized spacial score (nSPS) is 26.3. The molecule has 3 rings (SSSR count). The van der Waals surface area contributed by atoms with Crippen LogP contribution in [0.3, 0.4) is 0 Å². The molecule has 1 saturated carbocycles. The predicted molar refractivity (Wildman–Crippen MR) is 71.9 cm³/mol. The molecule has 0 aromatic heterocycles. The van der Waals surface area contributed by atoms with E-state index in [-0.39, 0.29) is 30.9 Å². The second-order valence-electron chi connectivity index (χ2n) is 5.55. The van der Waals surface area contributed by atoms with Gasteiger partial charge in [0.15, 0.2) is 11.4 Å². The molecule has 2 fully saturated rings. The van der Waals surface area contributed by atoms with E-state index in [1.54, 1.807) is 0 Å². The van der Waals surface area contributed by atoms with Crippen molar-refractivity contribution in [3.8, 4) is 0 Å². The molecule has 1 heterocycles. The Bertz CT molecular complexity index is 494. The van der Waals surface area contributed by atoms with Gasteiger partial charge in [0.2, 0.25) is 0 Å². The van der Waals surface area contributed by atoms with Gasteiger partial charge in [0, 0.05) is 6.42 Å². The van der Waals surface area contributed by atoms with Crippen LogP contribution in [0, 0.1) is 5.92 Å². The number of esters is 1. The molecule has 0 spiro atoms. The van der Waals surface area contributed by atoms with Crippen molar-refractivity contribution in [3.05, 3.63) is 35.9 Å². The first-order valence-corrected chi connectivity index (χ1v) is 7.07. The topological polar surface area (TPSA) is 52.6 Å². The molecular formula is C16H18O4. The number of carbonyl (C=O) groups is 2. The fourth-order valence-corrected chi connectivity index (χ4v) is 2.72. The minimum Gasteiger partial charge on any atom is -0.459 e. The van der Waals surface area contributed by atoms with Gasteiger partial charge in [0.1, 0.15) is 13.2 Å². The van der Waals surface area contributed by atoms with Crippen LogP contribution in [0.2, 0.25) is 0 Å². The highest BCUT2D eigenvalue weighted by atomic mass is 16.6. The maximum Gasteiger partial charge on any atom is 0.339 e. The van der Waals surface area contributed by atoms with Gasteiger partial charge in [-0.2, -0.15) is 0 Å². The number of carbonyl (C=O) groups excluding carboxylic acids is 2. The molecule has 4 nitrogen and oxygen atoms in total. The average Bonchev–Trinajstić information content (AvgIpc) is 3.32. The van der Waals surface area contributed by atoms with Crippen LogP contribution in [0.4, 0.5) is 0 Å². The SMILES string of the molecule is O=C1CC[C@](C(=O)OCc2ccccc2)(C2CC2)OC1. The Kier molecular flexibility index (Phi) is 3.57. The summed E-state index contributed by atoms with van der Waals surface area (Å²) in [5, 5.41) is 0. The molecule has 0 N–H and O–H groups in total. The highest BCUT2D eigenvalue weighted by Crippen LogP contribution is 2.46. The lowest BCUT2D eigenvalue weighted by molar-refractivity contribution is -0.185. The standard InChI is InChI=1S/C16H18O4/c17-14-8-9-16(20-11-14,13-6-7-13)15(18)19-10-12-4-2-1-3-5-12/h1-5,13H,6-11H2/t16-/m1/s1. The van der Waals surface area contributed by atoms with Crippen LogP contribution < -0.4 is 0 Å². The summed E-state index contributed by atoms with van der Waals surface area (Å²) in [5.41, 5.74) is 0.0848. The molecule has 0 amide bonds. The Morgan fingerprint density at radius 2 is 2.05 bits per heavy atom. The van der Waals surface area contributed by atoms with Crippen molar-refractivity contribution in [2.75, 3.05) is 6.61 Å². The summed E-state index contributed by atoms with van der Waals surface area (Å²) in [7, 11) is 0. The van der Waals surface area contributed by atoms with E-state index in [1.807, 2.05) is 30.3 Å². The molecule has 2 aliphatic rings. The third-order valence-electron chi connectivity index (χ3n) is 4.06. The molecule has 0 bridgehead atoms. The Morgan fingerprint density at radius 3 is 2.65 bits per heavy atom. The lowest BCUT2D eigenvalue weighted by atomic mass is 9.88. The quantitative estimate of drug-likeness (QED) is 0.790. The molecule has 1 aromatic rings. The summed E-state index contributed by atoms with van der Waals surface area (Å²) < 4.78 is 11.1. The smallest absolute Gasteiger partial charge is 0.339 e. The first-order chi connectivity index (χ1) is 9.71. The molecule has 1 aromatic carbocycles. The van der Waals surface area contributed by atoms with E-state index in [0.29, 0.717) is 12.8 Å². The van der Waals surface area contributed by atoms with Crippen molar-refractivity contribution >= 4 is 11.8 Å². The largest absolute Gasteiger partial charge is 0.459 e. The van der Waals surface area contributed by atoms with Crippen molar-refractivity contribution in [2.24, 2.45) is 5.92 Å². The van der Waals surface area contributed by atoms with Crippen molar-refractivity contribution in [1.82, 2.24) is 0 Å². The van der Waals surface area contributed by atoms with Gasteiger partial charge < -0.3 is 9.47 Å². The molecule has 4 heteroatoms. The number of benzene rings is 1. The molecule has 0 radical (unpaired) electrons. The number of ketones is 1. The molecule has 1 saturated heterocycles. The van der Waals surface area contributed by atoms with Crippen molar-refractivity contribution in [2.45, 2.75) is 37.9 Å². The van der Waals surface area contributed by atoms with Crippen LogP contribution in [0.1, 0.15) is 31.2 Å². The van der Waals surface area contributed by atoms with E-state index in [0.717, 1.165) is 18.4 Å². The first-order valence-electron chi connectivity index (χ1n) is 7.07. The van der Waals surface area contributed by atoms with Crippen LogP contribution >= 0.6 is 0 Å². The van der Waals surface area contributed by atoms with Crippen LogP contribution in [0.15, 0.2) is 30.3 Å². The second kappa shape index (κ2) is 5.37. The molecule has 0 unspecified atom stereocenters. The van der Waals surface area contributed by atoms with Gasteiger partial charge in [-0.15, -0.1) is 0 Å². The highest BCUT2D eigenvalue weighted by molar-refractivity contribution is 5.86. The maximum absolute atomic E-state index is 12.4. The average molecular weight is 274 g/mol. The van der Waals surface area contributed by atoms with E-state index in [4.69, 9.17) is 9.47 Å². The van der Waals surface area contributed by atoms with E-state index in [2.05, 4.69) is 0 Å². The zero-order chi connectivity index (χ0) is 14.0. The lowest BCUT2D eigenvalue weighted by Gasteiger charge is -2.34. The van der Waals surface area contributed by atoms with Gasteiger partial charge in [-0.3, -0.25) is 4.79 Å². The monoisotopic (exact) mass is 274 g/mol. The maximum atomic E-state index is 12.4. The van der Waals surface area contributed by atoms with Crippen molar-refractivity contribution in [1.29, 1.82) is 0 Å². The Balaban J connectivity index is 1.66. The van der Waals surface area contributed by atoms with Crippen LogP contribution in [0.25, 0.3) is 0 Å². The second-order valence-corrected chi connectivity index (χ2v) is 5.55. The summed E-state index contributed by atoms with van der Waals surface area (Å²) in [6.45, 7) is 0.294. The zero-order valence-electron chi connectivity index (χ0n) is 11.3. The van der Waals surface area contributed by atoms with Gasteiger partial charge in [-0.05, 0) is 30.7 Å². The van der Waals surface area contributed by atoms with Crippen molar-refractivity contribution in [3.63, 3.8) is 0 Å². The third kappa shape index (κ3) is 2.61. The zero-order valence-corrected chi connectivity index (χ0v) is 11.3. The van der Waals surface area contributed by atoms with Crippen molar-refractivity contribution < 1.29 is 19.1 Å². The van der Waals surface area contributed by atoms with Crippen LogP contribution in [-0.2, 0) is 25.7 Å². The summed E-state index contributed by atoms with van der Waals surface area (Å²) in [6.07, 6.45) is 2.84. The minimum absolute atomic E-state index is 0.0386. The molecule has 106 valence electrons. The Morgan fingerprint density at radius 1 is 1.30 bits per heavy atom. The fraction of sp³-hybridized carbons (Fsp3) is 0.500. The third-order valence-corrected chi connectivity index (χ3v) is 4.06. The van der Waals surface area contributed by atoms with Gasteiger partial charge in [0.05, 0.1) is 0 Å². The predicted octanol–water partition coefficient (Wildman–Crippen LogP) is 2.26. The summed E-state index contributed by atoms with van der Waals surface area (Å²) >= 11 is 0. The lowest BCUT2D eigenvalue weighted by Crippen LogP contribution is -2.49. The molecule has 1 aliphatic carbocycles. The van der Waals surface area contributed by atoms with E-state index < -0.39 is 5.60 Å². The number of hydrogen-bond acceptors (Lipinski definition) is 4. The van der Waals surface area contributed by atoms with Gasteiger partial charge in [0.25, 0.3) is 0 Å². The van der Waals surface area contributed by atoms with Gasteiger partial charge in [-0.25, -0.2) is 4.79 Å². The summed E-state index contributed by atoms with van der Waals surface area (Å²) in [6, 6.07) is 9.59. The number of Topliss-reactive ketones (excluding diaryl/α,β-unsaturated/α-hetero) is 1. The van der Waals surface area contributed by atoms with Gasteiger partial charge in [-0.1, -0.05) is 30.3 Å². The van der Waals surface area contributed by atoms with E-state index >= 15 is 0 Å². The molecule has 20 heavy (non-hydrogen) atoms.